The Morgan fingerprint density at radius 1 is 1.19 bits per heavy atom. The van der Waals surface area contributed by atoms with Crippen LogP contribution in [0.1, 0.15) is 35.7 Å². The molecule has 1 aliphatic heterocycles. The van der Waals surface area contributed by atoms with Gasteiger partial charge in [-0.1, -0.05) is 12.1 Å². The molecule has 8 nitrogen and oxygen atoms in total. The summed E-state index contributed by atoms with van der Waals surface area (Å²) in [5.41, 5.74) is 2.12. The van der Waals surface area contributed by atoms with Crippen LogP contribution in [0.2, 0.25) is 0 Å². The van der Waals surface area contributed by atoms with E-state index in [0.29, 0.717) is 52.6 Å². The zero-order valence-corrected chi connectivity index (χ0v) is 20.4. The number of nitrogens with one attached hydrogen (secondary N) is 2. The number of pyridine rings is 1. The van der Waals surface area contributed by atoms with Crippen molar-refractivity contribution in [3.8, 4) is 17.2 Å². The number of carbonyl (C=O) groups is 1. The number of hydrogen-bond donors (Lipinski definition) is 3. The Bertz CT molecular complexity index is 1380. The second kappa shape index (κ2) is 11.0. The highest BCUT2D eigenvalue weighted by molar-refractivity contribution is 6.19. The van der Waals surface area contributed by atoms with E-state index in [0.717, 1.165) is 12.8 Å². The second-order valence-electron chi connectivity index (χ2n) is 8.80. The molecular weight excluding hydrogens is 477 g/mol. The molecule has 1 saturated heterocycles. The number of para-hydroxylation sites is 1. The topological polar surface area (TPSA) is 106 Å². The molecule has 9 heteroatoms. The van der Waals surface area contributed by atoms with Gasteiger partial charge in [0.1, 0.15) is 11.4 Å². The predicted octanol–water partition coefficient (Wildman–Crippen LogP) is 5.08. The first-order chi connectivity index (χ1) is 18.1. The first kappa shape index (κ1) is 24.7. The van der Waals surface area contributed by atoms with Crippen LogP contribution in [-0.2, 0) is 4.74 Å². The molecule has 0 bridgehead atoms. The third-order valence-corrected chi connectivity index (χ3v) is 6.31. The van der Waals surface area contributed by atoms with E-state index in [1.807, 2.05) is 6.92 Å². The van der Waals surface area contributed by atoms with Crippen LogP contribution in [0.25, 0.3) is 11.0 Å². The Morgan fingerprint density at radius 2 is 2.00 bits per heavy atom. The normalized spacial score (nSPS) is 17.5. The third kappa shape index (κ3) is 5.28. The lowest BCUT2D eigenvalue weighted by molar-refractivity contribution is -0.0223. The number of aliphatic hydroxyl groups is 1. The van der Waals surface area contributed by atoms with Crippen molar-refractivity contribution in [2.45, 2.75) is 31.9 Å². The van der Waals surface area contributed by atoms with Crippen molar-refractivity contribution in [1.29, 1.82) is 0 Å². The average molecular weight is 506 g/mol. The van der Waals surface area contributed by atoms with Crippen molar-refractivity contribution in [3.63, 3.8) is 0 Å². The van der Waals surface area contributed by atoms with E-state index in [1.54, 1.807) is 54.9 Å². The minimum Gasteiger partial charge on any atom is -0.490 e. The van der Waals surface area contributed by atoms with Crippen molar-refractivity contribution in [3.05, 3.63) is 77.9 Å². The molecular formula is C28H28FN3O5. The molecule has 1 aliphatic rings. The lowest BCUT2D eigenvalue weighted by Crippen LogP contribution is -2.36. The van der Waals surface area contributed by atoms with Gasteiger partial charge in [-0.25, -0.2) is 9.37 Å². The molecule has 2 aromatic carbocycles. The van der Waals surface area contributed by atoms with Crippen molar-refractivity contribution < 1.29 is 28.5 Å². The van der Waals surface area contributed by atoms with Crippen molar-refractivity contribution in [2.24, 2.45) is 0 Å². The van der Waals surface area contributed by atoms with Gasteiger partial charge in [0.25, 0.3) is 0 Å². The molecule has 3 N–H and O–H groups in total. The van der Waals surface area contributed by atoms with Crippen LogP contribution in [0.15, 0.2) is 60.9 Å². The summed E-state index contributed by atoms with van der Waals surface area (Å²) < 4.78 is 31.1. The fourth-order valence-electron chi connectivity index (χ4n) is 4.42. The molecule has 0 unspecified atom stereocenters. The number of rotatable bonds is 9. The van der Waals surface area contributed by atoms with Crippen LogP contribution in [0, 0.1) is 5.82 Å². The number of anilines is 1. The number of hydrogen-bond acceptors (Lipinski definition) is 7. The number of nitrogens with zero attached hydrogens (tertiary/aromatic N) is 1. The third-order valence-electron chi connectivity index (χ3n) is 6.31. The monoisotopic (exact) mass is 505 g/mol. The highest BCUT2D eigenvalue weighted by Gasteiger charge is 2.26. The molecule has 0 amide bonds. The molecule has 37 heavy (non-hydrogen) atoms. The van der Waals surface area contributed by atoms with E-state index in [2.05, 4.69) is 15.3 Å². The van der Waals surface area contributed by atoms with Gasteiger partial charge in [-0.2, -0.15) is 0 Å². The summed E-state index contributed by atoms with van der Waals surface area (Å²) in [6, 6.07) is 12.7. The van der Waals surface area contributed by atoms with Crippen LogP contribution in [0.5, 0.6) is 17.2 Å². The maximum Gasteiger partial charge on any atom is 0.195 e. The van der Waals surface area contributed by atoms with Gasteiger partial charge >= 0.3 is 0 Å². The maximum atomic E-state index is 13.9. The van der Waals surface area contributed by atoms with Gasteiger partial charge in [0, 0.05) is 17.8 Å². The number of ketones is 1. The van der Waals surface area contributed by atoms with Crippen LogP contribution in [0.4, 0.5) is 10.1 Å². The number of aromatic nitrogens is 2. The number of H-pyrrole nitrogens is 1. The number of ether oxygens (including phenoxy) is 3. The summed E-state index contributed by atoms with van der Waals surface area (Å²) >= 11 is 0. The summed E-state index contributed by atoms with van der Waals surface area (Å²) in [4.78, 5) is 21.1. The summed E-state index contributed by atoms with van der Waals surface area (Å²) in [5.74, 6) is 0.403. The molecule has 2 atom stereocenters. The van der Waals surface area contributed by atoms with E-state index in [9.17, 15) is 14.3 Å². The Kier molecular flexibility index (Phi) is 7.34. The fourth-order valence-corrected chi connectivity index (χ4v) is 4.42. The first-order valence-electron chi connectivity index (χ1n) is 12.3. The minimum absolute atomic E-state index is 0.00298. The van der Waals surface area contributed by atoms with Crippen molar-refractivity contribution >= 4 is 22.5 Å². The molecule has 0 saturated carbocycles. The smallest absolute Gasteiger partial charge is 0.195 e. The van der Waals surface area contributed by atoms with Crippen LogP contribution < -0.4 is 14.8 Å². The summed E-state index contributed by atoms with van der Waals surface area (Å²) in [6.45, 7) is 2.75. The van der Waals surface area contributed by atoms with Crippen LogP contribution in [0.3, 0.4) is 0 Å². The lowest BCUT2D eigenvalue weighted by atomic mass is 10.0. The maximum absolute atomic E-state index is 13.9. The second-order valence-corrected chi connectivity index (χ2v) is 8.80. The van der Waals surface area contributed by atoms with Crippen LogP contribution >= 0.6 is 0 Å². The standard InChI is InChI=1S/C28H28FN3O5/c1-2-35-24-14-31-28-25(26(24)32-18-9-12-20(15-33)36-16-18)21(13-30-28)27(34)17-7-10-19(11-8-17)37-23-6-4-3-5-22(23)29/h3-8,10-11,13-14,18,20,33H,2,9,12,15-16H2,1H3,(H2,30,31,32)/t18-,20+/m1/s1. The number of aliphatic hydroxyl groups excluding tert-OH is 1. The highest BCUT2D eigenvalue weighted by Crippen LogP contribution is 2.36. The zero-order chi connectivity index (χ0) is 25.8. The summed E-state index contributed by atoms with van der Waals surface area (Å²) in [7, 11) is 0. The number of fused-ring (bicyclic) bond motifs is 1. The molecule has 0 spiro atoms. The van der Waals surface area contributed by atoms with Gasteiger partial charge in [0.05, 0.1) is 48.8 Å². The van der Waals surface area contributed by atoms with Gasteiger partial charge in [0.2, 0.25) is 0 Å². The van der Waals surface area contributed by atoms with Crippen molar-refractivity contribution in [2.75, 3.05) is 25.1 Å². The zero-order valence-electron chi connectivity index (χ0n) is 20.4. The molecule has 2 aromatic heterocycles. The van der Waals surface area contributed by atoms with Crippen LogP contribution in [-0.4, -0.2) is 52.8 Å². The minimum atomic E-state index is -0.464. The Morgan fingerprint density at radius 3 is 2.70 bits per heavy atom. The first-order valence-corrected chi connectivity index (χ1v) is 12.3. The Labute approximate surface area is 213 Å². The number of aromatic amines is 1. The van der Waals surface area contributed by atoms with Gasteiger partial charge in [-0.05, 0) is 56.2 Å². The van der Waals surface area contributed by atoms with Crippen molar-refractivity contribution in [1.82, 2.24) is 9.97 Å². The van der Waals surface area contributed by atoms with E-state index < -0.39 is 5.82 Å². The SMILES string of the molecule is CCOc1cnc2[nH]cc(C(=O)c3ccc(Oc4ccccc4F)cc3)c2c1N[C@@H]1CC[C@@H](CO)OC1. The van der Waals surface area contributed by atoms with E-state index >= 15 is 0 Å². The lowest BCUT2D eigenvalue weighted by Gasteiger charge is -2.30. The molecule has 0 aliphatic carbocycles. The fraction of sp³-hybridized carbons (Fsp3) is 0.286. The molecule has 3 heterocycles. The van der Waals surface area contributed by atoms with Gasteiger partial charge in [0.15, 0.2) is 23.1 Å². The molecule has 0 radical (unpaired) electrons. The van der Waals surface area contributed by atoms with E-state index in [-0.39, 0.29) is 30.3 Å². The quantitative estimate of drug-likeness (QED) is 0.273. The largest absolute Gasteiger partial charge is 0.490 e. The summed E-state index contributed by atoms with van der Waals surface area (Å²) in [5, 5.41) is 13.5. The van der Waals surface area contributed by atoms with Gasteiger partial charge in [-0.15, -0.1) is 0 Å². The average Bonchev–Trinajstić information content (AvgIpc) is 3.36. The Hall–Kier alpha value is -3.95. The van der Waals surface area contributed by atoms with Gasteiger partial charge in [-0.3, -0.25) is 4.79 Å². The van der Waals surface area contributed by atoms with E-state index in [1.165, 1.54) is 6.07 Å². The molecule has 192 valence electrons. The predicted molar refractivity (Wildman–Crippen MR) is 137 cm³/mol. The number of carbonyl (C=O) groups excluding carboxylic acids is 1. The molecule has 5 rings (SSSR count). The highest BCUT2D eigenvalue weighted by atomic mass is 19.1. The Balaban J connectivity index is 1.43. The van der Waals surface area contributed by atoms with Gasteiger partial charge < -0.3 is 29.6 Å². The molecule has 1 fully saturated rings. The number of halogens is 1. The summed E-state index contributed by atoms with van der Waals surface area (Å²) in [6.07, 6.45) is 4.65. The number of benzene rings is 2. The van der Waals surface area contributed by atoms with E-state index in [4.69, 9.17) is 14.2 Å². The molecule has 4 aromatic rings.